The Kier molecular flexibility index (Phi) is 5.14. The lowest BCUT2D eigenvalue weighted by atomic mass is 10.0. The molecule has 7 heteroatoms. The number of benzene rings is 1. The molecule has 1 amide bonds. The Bertz CT molecular complexity index is 550. The van der Waals surface area contributed by atoms with Crippen molar-refractivity contribution in [2.24, 2.45) is 5.92 Å². The maximum absolute atomic E-state index is 12.0. The minimum atomic E-state index is -0.565. The number of nitro benzene ring substituents is 1. The number of likely N-dealkylation sites (tertiary alicyclic amines) is 1. The maximum atomic E-state index is 12.0. The van der Waals surface area contributed by atoms with Crippen molar-refractivity contribution in [3.8, 4) is 0 Å². The molecule has 0 saturated carbocycles. The fourth-order valence-electron chi connectivity index (χ4n) is 2.56. The van der Waals surface area contributed by atoms with Gasteiger partial charge < -0.3 is 5.32 Å². The van der Waals surface area contributed by atoms with Crippen molar-refractivity contribution in [2.75, 3.05) is 25.0 Å². The van der Waals surface area contributed by atoms with E-state index in [0.717, 1.165) is 19.5 Å². The van der Waals surface area contributed by atoms with Crippen molar-refractivity contribution in [3.63, 3.8) is 0 Å². The van der Waals surface area contributed by atoms with Crippen LogP contribution in [0.1, 0.15) is 19.8 Å². The highest BCUT2D eigenvalue weighted by atomic mass is 35.5. The van der Waals surface area contributed by atoms with Gasteiger partial charge in [0.1, 0.15) is 5.02 Å². The molecule has 0 aromatic heterocycles. The second kappa shape index (κ2) is 6.87. The van der Waals surface area contributed by atoms with Crippen LogP contribution in [0.25, 0.3) is 0 Å². The summed E-state index contributed by atoms with van der Waals surface area (Å²) in [7, 11) is 0. The molecule has 0 bridgehead atoms. The summed E-state index contributed by atoms with van der Waals surface area (Å²) < 4.78 is 0. The van der Waals surface area contributed by atoms with Crippen LogP contribution in [-0.4, -0.2) is 35.4 Å². The van der Waals surface area contributed by atoms with Crippen LogP contribution in [0.15, 0.2) is 18.2 Å². The molecule has 1 saturated heterocycles. The molecule has 2 rings (SSSR count). The number of nitrogens with zero attached hydrogens (tertiary/aromatic N) is 2. The summed E-state index contributed by atoms with van der Waals surface area (Å²) in [5.41, 5.74) is 0.183. The number of anilines is 1. The van der Waals surface area contributed by atoms with Gasteiger partial charge >= 0.3 is 0 Å². The standard InChI is InChI=1S/C14H18ClN3O3/c1-10-3-2-6-17(8-10)9-14(19)16-11-4-5-12(15)13(7-11)18(20)21/h4-5,7,10H,2-3,6,8-9H2,1H3,(H,16,19). The van der Waals surface area contributed by atoms with Crippen molar-refractivity contribution in [1.82, 2.24) is 4.90 Å². The molecule has 1 aliphatic rings. The minimum Gasteiger partial charge on any atom is -0.325 e. The van der Waals surface area contributed by atoms with Crippen molar-refractivity contribution in [2.45, 2.75) is 19.8 Å². The molecule has 21 heavy (non-hydrogen) atoms. The molecule has 1 aromatic carbocycles. The summed E-state index contributed by atoms with van der Waals surface area (Å²) in [6, 6.07) is 4.25. The predicted octanol–water partition coefficient (Wildman–Crippen LogP) is 2.92. The van der Waals surface area contributed by atoms with Gasteiger partial charge in [0.05, 0.1) is 11.5 Å². The van der Waals surface area contributed by atoms with Gasteiger partial charge in [-0.1, -0.05) is 18.5 Å². The fraction of sp³-hybridized carbons (Fsp3) is 0.500. The minimum absolute atomic E-state index is 0.0582. The van der Waals surface area contributed by atoms with E-state index in [1.807, 2.05) is 0 Å². The Balaban J connectivity index is 1.96. The Labute approximate surface area is 128 Å². The van der Waals surface area contributed by atoms with Crippen LogP contribution in [0.3, 0.4) is 0 Å². The quantitative estimate of drug-likeness (QED) is 0.685. The Morgan fingerprint density at radius 3 is 3.00 bits per heavy atom. The summed E-state index contributed by atoms with van der Waals surface area (Å²) in [4.78, 5) is 24.4. The van der Waals surface area contributed by atoms with Crippen LogP contribution >= 0.6 is 11.6 Å². The third kappa shape index (κ3) is 4.41. The first-order chi connectivity index (χ1) is 9.95. The average molecular weight is 312 g/mol. The molecule has 1 fully saturated rings. The molecular weight excluding hydrogens is 294 g/mol. The topological polar surface area (TPSA) is 75.5 Å². The van der Waals surface area contributed by atoms with Crippen LogP contribution in [0, 0.1) is 16.0 Å². The second-order valence-electron chi connectivity index (χ2n) is 5.45. The maximum Gasteiger partial charge on any atom is 0.289 e. The third-order valence-electron chi connectivity index (χ3n) is 3.53. The summed E-state index contributed by atoms with van der Waals surface area (Å²) in [6.07, 6.45) is 2.29. The molecule has 114 valence electrons. The summed E-state index contributed by atoms with van der Waals surface area (Å²) >= 11 is 5.74. The first-order valence-electron chi connectivity index (χ1n) is 6.92. The van der Waals surface area contributed by atoms with Crippen LogP contribution in [0.5, 0.6) is 0 Å². The zero-order valence-electron chi connectivity index (χ0n) is 11.8. The first kappa shape index (κ1) is 15.7. The van der Waals surface area contributed by atoms with Crippen LogP contribution < -0.4 is 5.32 Å². The lowest BCUT2D eigenvalue weighted by Gasteiger charge is -2.30. The van der Waals surface area contributed by atoms with Gasteiger partial charge in [-0.3, -0.25) is 19.8 Å². The predicted molar refractivity (Wildman–Crippen MR) is 81.6 cm³/mol. The molecule has 0 aliphatic carbocycles. The number of amides is 1. The normalized spacial score (nSPS) is 19.2. The number of hydrogen-bond donors (Lipinski definition) is 1. The van der Waals surface area contributed by atoms with Gasteiger partial charge in [-0.25, -0.2) is 0 Å². The van der Waals surface area contributed by atoms with Crippen LogP contribution in [0.4, 0.5) is 11.4 Å². The van der Waals surface area contributed by atoms with E-state index in [4.69, 9.17) is 11.6 Å². The average Bonchev–Trinajstić information content (AvgIpc) is 2.40. The fourth-order valence-corrected chi connectivity index (χ4v) is 2.75. The molecule has 1 atom stereocenters. The molecule has 1 heterocycles. The zero-order chi connectivity index (χ0) is 15.4. The largest absolute Gasteiger partial charge is 0.325 e. The summed E-state index contributed by atoms with van der Waals surface area (Å²) in [5, 5.41) is 13.6. The van der Waals surface area contributed by atoms with E-state index in [2.05, 4.69) is 17.1 Å². The van der Waals surface area contributed by atoms with Crippen molar-refractivity contribution in [3.05, 3.63) is 33.3 Å². The first-order valence-corrected chi connectivity index (χ1v) is 7.29. The Hall–Kier alpha value is -1.66. The van der Waals surface area contributed by atoms with Crippen molar-refractivity contribution in [1.29, 1.82) is 0 Å². The smallest absolute Gasteiger partial charge is 0.289 e. The lowest BCUT2D eigenvalue weighted by molar-refractivity contribution is -0.384. The molecule has 1 aromatic rings. The highest BCUT2D eigenvalue weighted by molar-refractivity contribution is 6.32. The Morgan fingerprint density at radius 1 is 1.57 bits per heavy atom. The SMILES string of the molecule is CC1CCCN(CC(=O)Nc2ccc(Cl)c([N+](=O)[O-])c2)C1. The van der Waals surface area contributed by atoms with Crippen molar-refractivity contribution < 1.29 is 9.72 Å². The van der Waals surface area contributed by atoms with Gasteiger partial charge in [0.25, 0.3) is 5.69 Å². The van der Waals surface area contributed by atoms with Gasteiger partial charge in [0, 0.05) is 18.3 Å². The number of carbonyl (C=O) groups excluding carboxylic acids is 1. The molecule has 1 N–H and O–H groups in total. The highest BCUT2D eigenvalue weighted by Crippen LogP contribution is 2.27. The zero-order valence-corrected chi connectivity index (χ0v) is 12.6. The van der Waals surface area contributed by atoms with Gasteiger partial charge in [-0.05, 0) is 37.4 Å². The number of nitrogens with one attached hydrogen (secondary N) is 1. The molecule has 0 spiro atoms. The molecule has 1 aliphatic heterocycles. The monoisotopic (exact) mass is 311 g/mol. The number of nitro groups is 1. The van der Waals surface area contributed by atoms with E-state index in [-0.39, 0.29) is 16.6 Å². The molecule has 6 nitrogen and oxygen atoms in total. The number of hydrogen-bond acceptors (Lipinski definition) is 4. The summed E-state index contributed by atoms with van der Waals surface area (Å²) in [5.74, 6) is 0.434. The molecular formula is C14H18ClN3O3. The van der Waals surface area contributed by atoms with E-state index in [9.17, 15) is 14.9 Å². The lowest BCUT2D eigenvalue weighted by Crippen LogP contribution is -2.39. The number of piperidine rings is 1. The van der Waals surface area contributed by atoms with Crippen LogP contribution in [-0.2, 0) is 4.79 Å². The number of carbonyl (C=O) groups is 1. The number of rotatable bonds is 4. The van der Waals surface area contributed by atoms with E-state index in [1.54, 1.807) is 6.07 Å². The van der Waals surface area contributed by atoms with E-state index < -0.39 is 4.92 Å². The Morgan fingerprint density at radius 2 is 2.33 bits per heavy atom. The van der Waals surface area contributed by atoms with E-state index in [1.165, 1.54) is 18.6 Å². The van der Waals surface area contributed by atoms with Gasteiger partial charge in [-0.15, -0.1) is 0 Å². The van der Waals surface area contributed by atoms with Gasteiger partial charge in [0.2, 0.25) is 5.91 Å². The van der Waals surface area contributed by atoms with E-state index in [0.29, 0.717) is 18.2 Å². The molecule has 0 radical (unpaired) electrons. The van der Waals surface area contributed by atoms with Gasteiger partial charge in [-0.2, -0.15) is 0 Å². The number of halogens is 1. The van der Waals surface area contributed by atoms with Gasteiger partial charge in [0.15, 0.2) is 0 Å². The summed E-state index contributed by atoms with van der Waals surface area (Å²) in [6.45, 7) is 4.31. The van der Waals surface area contributed by atoms with E-state index >= 15 is 0 Å². The van der Waals surface area contributed by atoms with Crippen LogP contribution in [0.2, 0.25) is 5.02 Å². The molecule has 1 unspecified atom stereocenters. The van der Waals surface area contributed by atoms with Crippen molar-refractivity contribution >= 4 is 28.9 Å². The highest BCUT2D eigenvalue weighted by Gasteiger charge is 2.19. The second-order valence-corrected chi connectivity index (χ2v) is 5.86. The third-order valence-corrected chi connectivity index (χ3v) is 3.85.